The van der Waals surface area contributed by atoms with Gasteiger partial charge in [-0.2, -0.15) is 0 Å². The first-order chi connectivity index (χ1) is 13.9. The van der Waals surface area contributed by atoms with Gasteiger partial charge < -0.3 is 4.90 Å². The number of nitro benzene ring substituents is 1. The second kappa shape index (κ2) is 7.33. The normalized spacial score (nSPS) is 16.9. The Hall–Kier alpha value is -3.19. The molecule has 2 aromatic rings. The molecule has 0 N–H and O–H groups in total. The monoisotopic (exact) mass is 411 g/mol. The molecule has 0 saturated carbocycles. The minimum Gasteiger partial charge on any atom is -0.366 e. The fraction of sp³-hybridized carbons (Fsp3) is 0.238. The zero-order valence-electron chi connectivity index (χ0n) is 15.7. The van der Waals surface area contributed by atoms with E-state index in [1.54, 1.807) is 25.1 Å². The summed E-state index contributed by atoms with van der Waals surface area (Å²) < 4.78 is 0. The van der Waals surface area contributed by atoms with Gasteiger partial charge in [0.2, 0.25) is 0 Å². The molecule has 4 rings (SSSR count). The van der Waals surface area contributed by atoms with Crippen LogP contribution in [-0.2, 0) is 9.59 Å². The Bertz CT molecular complexity index is 1060. The van der Waals surface area contributed by atoms with Gasteiger partial charge in [0, 0.05) is 30.2 Å². The molecule has 0 spiro atoms. The third-order valence-corrected chi connectivity index (χ3v) is 5.74. The number of rotatable bonds is 4. The van der Waals surface area contributed by atoms with Crippen molar-refractivity contribution >= 4 is 40.4 Å². The Labute approximate surface area is 172 Å². The number of imide groups is 1. The Kier molecular flexibility index (Phi) is 4.84. The van der Waals surface area contributed by atoms with E-state index in [0.29, 0.717) is 40.6 Å². The maximum Gasteiger partial charge on any atom is 0.282 e. The predicted molar refractivity (Wildman–Crippen MR) is 110 cm³/mol. The number of benzene rings is 2. The van der Waals surface area contributed by atoms with Gasteiger partial charge in [-0.3, -0.25) is 19.7 Å². The Morgan fingerprint density at radius 3 is 2.28 bits per heavy atom. The highest BCUT2D eigenvalue weighted by Crippen LogP contribution is 2.38. The van der Waals surface area contributed by atoms with Crippen molar-refractivity contribution in [2.75, 3.05) is 18.0 Å². The van der Waals surface area contributed by atoms with Crippen LogP contribution in [0.5, 0.6) is 0 Å². The molecular formula is C21H18ClN3O4. The molecule has 0 atom stereocenters. The number of nitrogens with zero attached hydrogens (tertiary/aromatic N) is 3. The van der Waals surface area contributed by atoms with Crippen molar-refractivity contribution in [3.63, 3.8) is 0 Å². The first kappa shape index (κ1) is 19.1. The van der Waals surface area contributed by atoms with Crippen molar-refractivity contribution in [1.29, 1.82) is 0 Å². The van der Waals surface area contributed by atoms with Crippen LogP contribution in [0.3, 0.4) is 0 Å². The lowest BCUT2D eigenvalue weighted by atomic mass is 10.0. The molecule has 0 aromatic heterocycles. The Morgan fingerprint density at radius 1 is 1.00 bits per heavy atom. The van der Waals surface area contributed by atoms with Gasteiger partial charge in [0.1, 0.15) is 5.70 Å². The summed E-state index contributed by atoms with van der Waals surface area (Å²) in [6, 6.07) is 10.8. The van der Waals surface area contributed by atoms with E-state index >= 15 is 0 Å². The van der Waals surface area contributed by atoms with Crippen LogP contribution in [-0.4, -0.2) is 34.7 Å². The van der Waals surface area contributed by atoms with Crippen LogP contribution in [0.1, 0.15) is 24.0 Å². The smallest absolute Gasteiger partial charge is 0.282 e. The fourth-order valence-corrected chi connectivity index (χ4v) is 3.99. The van der Waals surface area contributed by atoms with Crippen molar-refractivity contribution in [1.82, 2.24) is 4.90 Å². The highest BCUT2D eigenvalue weighted by atomic mass is 35.5. The quantitative estimate of drug-likeness (QED) is 0.432. The highest BCUT2D eigenvalue weighted by Gasteiger charge is 2.43. The first-order valence-corrected chi connectivity index (χ1v) is 9.66. The minimum atomic E-state index is -0.497. The molecule has 2 aromatic carbocycles. The number of likely N-dealkylation sites (tertiary alicyclic amines) is 1. The summed E-state index contributed by atoms with van der Waals surface area (Å²) in [6.07, 6.45) is 1.88. The average molecular weight is 412 g/mol. The fourth-order valence-electron chi connectivity index (χ4n) is 3.82. The summed E-state index contributed by atoms with van der Waals surface area (Å²) in [7, 11) is 0. The van der Waals surface area contributed by atoms with E-state index in [-0.39, 0.29) is 11.3 Å². The van der Waals surface area contributed by atoms with Crippen molar-refractivity contribution in [2.45, 2.75) is 19.8 Å². The molecule has 0 radical (unpaired) electrons. The van der Waals surface area contributed by atoms with Crippen molar-refractivity contribution in [2.24, 2.45) is 0 Å². The lowest BCUT2D eigenvalue weighted by molar-refractivity contribution is -0.384. The van der Waals surface area contributed by atoms with E-state index in [1.165, 1.54) is 24.3 Å². The molecule has 2 aliphatic rings. The number of hydrogen-bond acceptors (Lipinski definition) is 5. The Morgan fingerprint density at radius 2 is 1.66 bits per heavy atom. The number of nitro groups is 1. The maximum atomic E-state index is 13.4. The number of carbonyl (C=O) groups is 2. The number of halogens is 1. The Balaban J connectivity index is 1.84. The molecule has 7 nitrogen and oxygen atoms in total. The van der Waals surface area contributed by atoms with Gasteiger partial charge in [-0.1, -0.05) is 17.7 Å². The number of amides is 2. The highest BCUT2D eigenvalue weighted by molar-refractivity contribution is 6.46. The molecule has 2 aliphatic heterocycles. The van der Waals surface area contributed by atoms with Gasteiger partial charge >= 0.3 is 0 Å². The van der Waals surface area contributed by atoms with Crippen LogP contribution < -0.4 is 4.90 Å². The predicted octanol–water partition coefficient (Wildman–Crippen LogP) is 3.94. The molecule has 0 bridgehead atoms. The van der Waals surface area contributed by atoms with E-state index in [0.717, 1.165) is 17.7 Å². The molecule has 0 unspecified atom stereocenters. The zero-order valence-corrected chi connectivity index (χ0v) is 16.5. The van der Waals surface area contributed by atoms with Gasteiger partial charge in [0.05, 0.1) is 16.2 Å². The summed E-state index contributed by atoms with van der Waals surface area (Å²) in [4.78, 5) is 40.4. The van der Waals surface area contributed by atoms with Crippen molar-refractivity contribution in [3.8, 4) is 0 Å². The van der Waals surface area contributed by atoms with Gasteiger partial charge in [-0.15, -0.1) is 0 Å². The molecule has 148 valence electrons. The molecule has 1 fully saturated rings. The second-order valence-corrected chi connectivity index (χ2v) is 7.46. The maximum absolute atomic E-state index is 13.4. The minimum absolute atomic E-state index is 0.0728. The molecule has 8 heteroatoms. The topological polar surface area (TPSA) is 83.8 Å². The van der Waals surface area contributed by atoms with Crippen molar-refractivity contribution < 1.29 is 14.5 Å². The standard InChI is InChI=1S/C21H18ClN3O4/c1-13-16(22)5-4-6-17(13)24-20(26)18(14-7-9-15(10-8-14)25(28)29)19(21(24)27)23-11-2-3-12-23/h4-10H,2-3,11-12H2,1H3. The van der Waals surface area contributed by atoms with E-state index < -0.39 is 16.7 Å². The first-order valence-electron chi connectivity index (χ1n) is 9.28. The SMILES string of the molecule is Cc1c(Cl)cccc1N1C(=O)C(c2ccc([N+](=O)[O-])cc2)=C(N2CCCC2)C1=O. The van der Waals surface area contributed by atoms with Crippen LogP contribution in [0.2, 0.25) is 5.02 Å². The largest absolute Gasteiger partial charge is 0.366 e. The van der Waals surface area contributed by atoms with Gasteiger partial charge in [0.25, 0.3) is 17.5 Å². The number of carbonyl (C=O) groups excluding carboxylic acids is 2. The lowest BCUT2D eigenvalue weighted by Gasteiger charge is -2.21. The average Bonchev–Trinajstić information content (AvgIpc) is 3.31. The van der Waals surface area contributed by atoms with Crippen molar-refractivity contribution in [3.05, 3.63) is 74.4 Å². The molecular weight excluding hydrogens is 394 g/mol. The molecule has 1 saturated heterocycles. The zero-order chi connectivity index (χ0) is 20.7. The van der Waals surface area contributed by atoms with Gasteiger partial charge in [-0.05, 0) is 55.2 Å². The third kappa shape index (κ3) is 3.17. The number of hydrogen-bond donors (Lipinski definition) is 0. The molecule has 0 aliphatic carbocycles. The lowest BCUT2D eigenvalue weighted by Crippen LogP contribution is -2.35. The second-order valence-electron chi connectivity index (χ2n) is 7.05. The van der Waals surface area contributed by atoms with E-state index in [9.17, 15) is 19.7 Å². The summed E-state index contributed by atoms with van der Waals surface area (Å²) >= 11 is 6.21. The molecule has 2 amide bonds. The summed E-state index contributed by atoms with van der Waals surface area (Å²) in [5.74, 6) is -0.841. The van der Waals surface area contributed by atoms with Crippen LogP contribution in [0.4, 0.5) is 11.4 Å². The number of anilines is 1. The van der Waals surface area contributed by atoms with Gasteiger partial charge in [-0.25, -0.2) is 4.90 Å². The van der Waals surface area contributed by atoms with Gasteiger partial charge in [0.15, 0.2) is 0 Å². The van der Waals surface area contributed by atoms with Crippen LogP contribution in [0.15, 0.2) is 48.2 Å². The summed E-state index contributed by atoms with van der Waals surface area (Å²) in [5.41, 5.74) is 2.11. The molecule has 2 heterocycles. The molecule has 29 heavy (non-hydrogen) atoms. The van der Waals surface area contributed by atoms with Crippen LogP contribution >= 0.6 is 11.6 Å². The van der Waals surface area contributed by atoms with E-state index in [4.69, 9.17) is 11.6 Å². The van der Waals surface area contributed by atoms with E-state index in [2.05, 4.69) is 0 Å². The van der Waals surface area contributed by atoms with Crippen LogP contribution in [0, 0.1) is 17.0 Å². The van der Waals surface area contributed by atoms with E-state index in [1.807, 2.05) is 4.90 Å². The number of non-ortho nitro benzene ring substituents is 1. The van der Waals surface area contributed by atoms with Crippen LogP contribution in [0.25, 0.3) is 5.57 Å². The summed E-state index contributed by atoms with van der Waals surface area (Å²) in [5, 5.41) is 11.4. The summed E-state index contributed by atoms with van der Waals surface area (Å²) in [6.45, 7) is 3.14. The third-order valence-electron chi connectivity index (χ3n) is 5.33.